The van der Waals surface area contributed by atoms with Crippen LogP contribution in [0.15, 0.2) is 47.6 Å². The Morgan fingerprint density at radius 1 is 0.565 bits per heavy atom. The second-order valence-corrected chi connectivity index (χ2v) is 21.0. The molecule has 0 spiro atoms. The Morgan fingerprint density at radius 3 is 1.64 bits per heavy atom. The number of esters is 3. The van der Waals surface area contributed by atoms with E-state index in [1.54, 1.807) is 0 Å². The first kappa shape index (κ1) is 62.3. The molecule has 2 rings (SSSR count). The van der Waals surface area contributed by atoms with Crippen LogP contribution >= 0.6 is 0 Å². The van der Waals surface area contributed by atoms with Gasteiger partial charge in [-0.05, 0) is 175 Å². The molecular formula is C59H104N2O8. The summed E-state index contributed by atoms with van der Waals surface area (Å²) >= 11 is 0. The van der Waals surface area contributed by atoms with Gasteiger partial charge in [-0.3, -0.25) is 14.4 Å². The summed E-state index contributed by atoms with van der Waals surface area (Å²) in [6.07, 6.45) is 36.5. The Kier molecular flexibility index (Phi) is 36.8. The second-order valence-electron chi connectivity index (χ2n) is 21.0. The van der Waals surface area contributed by atoms with Crippen LogP contribution in [0.2, 0.25) is 0 Å². The van der Waals surface area contributed by atoms with Crippen LogP contribution in [0.4, 0.5) is 0 Å². The maximum absolute atomic E-state index is 13.4. The SMILES string of the molecule is CCCCC/C=C\C/C=C\CCCCCCCC(=O)OCC(COC(=O)CCC(OCCC(C)CCC=C(C)C)OCCC(C)CCC=C(C)C)COC(=O)C1CCN(C2CCN(CC)CC2)CC1. The van der Waals surface area contributed by atoms with Crippen LogP contribution in [0.25, 0.3) is 0 Å². The minimum Gasteiger partial charge on any atom is -0.465 e. The van der Waals surface area contributed by atoms with Crippen molar-refractivity contribution in [1.82, 2.24) is 9.80 Å². The van der Waals surface area contributed by atoms with Crippen molar-refractivity contribution >= 4 is 17.9 Å². The molecule has 10 nitrogen and oxygen atoms in total. The predicted molar refractivity (Wildman–Crippen MR) is 285 cm³/mol. The summed E-state index contributed by atoms with van der Waals surface area (Å²) in [6, 6.07) is 0.592. The van der Waals surface area contributed by atoms with E-state index in [-0.39, 0.29) is 50.1 Å². The number of likely N-dealkylation sites (tertiary alicyclic amines) is 2. The maximum Gasteiger partial charge on any atom is 0.309 e. The summed E-state index contributed by atoms with van der Waals surface area (Å²) in [6.45, 7) is 23.9. The summed E-state index contributed by atoms with van der Waals surface area (Å²) in [5.41, 5.74) is 2.68. The highest BCUT2D eigenvalue weighted by atomic mass is 16.7. The Labute approximate surface area is 423 Å². The van der Waals surface area contributed by atoms with E-state index in [1.807, 2.05) is 0 Å². The van der Waals surface area contributed by atoms with Crippen molar-refractivity contribution in [2.75, 3.05) is 65.8 Å². The second kappa shape index (κ2) is 40.8. The summed E-state index contributed by atoms with van der Waals surface area (Å²) < 4.78 is 30.0. The first-order valence-electron chi connectivity index (χ1n) is 28.1. The molecule has 0 bridgehead atoms. The average Bonchev–Trinajstić information content (AvgIpc) is 3.33. The van der Waals surface area contributed by atoms with Gasteiger partial charge in [0, 0.05) is 32.1 Å². The normalized spacial score (nSPS) is 17.2. The molecule has 0 aromatic heterocycles. The maximum atomic E-state index is 13.4. The first-order chi connectivity index (χ1) is 33.4. The number of hydrogen-bond acceptors (Lipinski definition) is 10. The summed E-state index contributed by atoms with van der Waals surface area (Å²) in [5.74, 6) is -0.431. The quantitative estimate of drug-likeness (QED) is 0.0194. The Hall–Kier alpha value is -2.79. The van der Waals surface area contributed by atoms with Crippen molar-refractivity contribution in [3.63, 3.8) is 0 Å². The van der Waals surface area contributed by atoms with E-state index in [1.165, 1.54) is 49.7 Å². The molecule has 0 N–H and O–H groups in total. The van der Waals surface area contributed by atoms with Crippen LogP contribution in [-0.2, 0) is 38.1 Å². The number of piperidine rings is 2. The molecule has 3 atom stereocenters. The van der Waals surface area contributed by atoms with E-state index >= 15 is 0 Å². The lowest BCUT2D eigenvalue weighted by atomic mass is 9.93. The summed E-state index contributed by atoms with van der Waals surface area (Å²) in [5, 5.41) is 0. The molecule has 0 saturated carbocycles. The number of allylic oxidation sites excluding steroid dienone is 8. The number of rotatable bonds is 40. The molecule has 0 amide bonds. The van der Waals surface area contributed by atoms with Crippen molar-refractivity contribution in [2.24, 2.45) is 23.7 Å². The number of hydrogen-bond donors (Lipinski definition) is 0. The fourth-order valence-corrected chi connectivity index (χ4v) is 9.06. The van der Waals surface area contributed by atoms with Crippen LogP contribution < -0.4 is 0 Å². The lowest BCUT2D eigenvalue weighted by molar-refractivity contribution is -0.163. The lowest BCUT2D eigenvalue weighted by Gasteiger charge is -2.41. The zero-order chi connectivity index (χ0) is 50.3. The summed E-state index contributed by atoms with van der Waals surface area (Å²) in [4.78, 5) is 44.7. The van der Waals surface area contributed by atoms with Crippen molar-refractivity contribution in [1.29, 1.82) is 0 Å². The predicted octanol–water partition coefficient (Wildman–Crippen LogP) is 13.9. The largest absolute Gasteiger partial charge is 0.465 e. The average molecular weight is 969 g/mol. The number of carbonyl (C=O) groups excluding carboxylic acids is 3. The topological polar surface area (TPSA) is 104 Å². The molecule has 0 aromatic carbocycles. The van der Waals surface area contributed by atoms with E-state index < -0.39 is 12.2 Å². The van der Waals surface area contributed by atoms with Crippen LogP contribution in [0.1, 0.15) is 209 Å². The van der Waals surface area contributed by atoms with Crippen molar-refractivity contribution in [2.45, 2.75) is 222 Å². The van der Waals surface area contributed by atoms with Gasteiger partial charge >= 0.3 is 17.9 Å². The van der Waals surface area contributed by atoms with E-state index in [2.05, 4.69) is 102 Å². The van der Waals surface area contributed by atoms with Crippen LogP contribution in [-0.4, -0.2) is 106 Å². The molecular weight excluding hydrogens is 865 g/mol. The van der Waals surface area contributed by atoms with Crippen LogP contribution in [0.5, 0.6) is 0 Å². The van der Waals surface area contributed by atoms with Gasteiger partial charge in [0.2, 0.25) is 0 Å². The molecule has 0 radical (unpaired) electrons. The third-order valence-corrected chi connectivity index (χ3v) is 14.0. The van der Waals surface area contributed by atoms with Gasteiger partial charge in [0.25, 0.3) is 0 Å². The molecule has 10 heteroatoms. The number of unbranched alkanes of at least 4 members (excludes halogenated alkanes) is 8. The van der Waals surface area contributed by atoms with Gasteiger partial charge in [-0.15, -0.1) is 0 Å². The fourth-order valence-electron chi connectivity index (χ4n) is 9.06. The van der Waals surface area contributed by atoms with E-state index in [0.717, 1.165) is 129 Å². The molecule has 0 aromatic rings. The molecule has 2 heterocycles. The Bertz CT molecular complexity index is 1400. The first-order valence-corrected chi connectivity index (χ1v) is 28.1. The zero-order valence-corrected chi connectivity index (χ0v) is 45.6. The van der Waals surface area contributed by atoms with Gasteiger partial charge in [0.1, 0.15) is 19.8 Å². The molecule has 69 heavy (non-hydrogen) atoms. The third-order valence-electron chi connectivity index (χ3n) is 14.0. The van der Waals surface area contributed by atoms with E-state index in [4.69, 9.17) is 23.7 Å². The highest BCUT2D eigenvalue weighted by molar-refractivity contribution is 5.72. The van der Waals surface area contributed by atoms with Gasteiger partial charge in [-0.25, -0.2) is 0 Å². The molecule has 0 aliphatic carbocycles. The zero-order valence-electron chi connectivity index (χ0n) is 45.6. The van der Waals surface area contributed by atoms with Crippen LogP contribution in [0, 0.1) is 23.7 Å². The molecule has 2 aliphatic rings. The highest BCUT2D eigenvalue weighted by Gasteiger charge is 2.32. The Morgan fingerprint density at radius 2 is 1.09 bits per heavy atom. The van der Waals surface area contributed by atoms with E-state index in [0.29, 0.717) is 43.9 Å². The molecule has 2 saturated heterocycles. The minimum atomic E-state index is -0.505. The van der Waals surface area contributed by atoms with Gasteiger partial charge in [-0.1, -0.05) is 107 Å². The molecule has 398 valence electrons. The molecule has 3 unspecified atom stereocenters. The summed E-state index contributed by atoms with van der Waals surface area (Å²) in [7, 11) is 0. The van der Waals surface area contributed by atoms with Gasteiger partial charge in [0.05, 0.1) is 18.3 Å². The van der Waals surface area contributed by atoms with Crippen molar-refractivity contribution in [3.05, 3.63) is 47.6 Å². The fraction of sp³-hybridized carbons (Fsp3) is 0.814. The molecule has 2 fully saturated rings. The lowest BCUT2D eigenvalue weighted by Crippen LogP contribution is -2.48. The standard InChI is InChI=1S/C59H104N2O8/c1-9-11-12-13-14-15-16-17-18-19-20-21-22-23-24-31-56(62)67-46-53(48-69-59(64)54-34-42-61(43-35-54)55-36-40-60(10-2)41-37-55)47-68-57(63)32-33-58(65-44-38-51(7)29-25-27-49(3)4)66-45-39-52(8)30-26-28-50(5)6/h14-15,17-18,27-28,51-55,58H,9-13,16,19-26,29-48H2,1-8H3/b15-14-,18-17-. The van der Waals surface area contributed by atoms with Gasteiger partial charge in [0.15, 0.2) is 6.29 Å². The number of ether oxygens (including phenoxy) is 5. The minimum absolute atomic E-state index is 0.00321. The monoisotopic (exact) mass is 969 g/mol. The van der Waals surface area contributed by atoms with Gasteiger partial charge < -0.3 is 33.5 Å². The third kappa shape index (κ3) is 33.5. The van der Waals surface area contributed by atoms with E-state index in [9.17, 15) is 14.4 Å². The van der Waals surface area contributed by atoms with Gasteiger partial charge in [-0.2, -0.15) is 0 Å². The Balaban J connectivity index is 1.88. The highest BCUT2D eigenvalue weighted by Crippen LogP contribution is 2.25. The molecule has 2 aliphatic heterocycles. The number of carbonyl (C=O) groups is 3. The van der Waals surface area contributed by atoms with Crippen molar-refractivity contribution in [3.8, 4) is 0 Å². The van der Waals surface area contributed by atoms with Crippen molar-refractivity contribution < 1.29 is 38.1 Å². The smallest absolute Gasteiger partial charge is 0.309 e. The van der Waals surface area contributed by atoms with Crippen LogP contribution in [0.3, 0.4) is 0 Å². The number of nitrogens with zero attached hydrogens (tertiary/aromatic N) is 2.